The first kappa shape index (κ1) is 14.4. The number of nitrogens with one attached hydrogen (secondary N) is 1. The van der Waals surface area contributed by atoms with Crippen molar-refractivity contribution in [1.29, 1.82) is 0 Å². The van der Waals surface area contributed by atoms with Gasteiger partial charge in [-0.3, -0.25) is 0 Å². The quantitative estimate of drug-likeness (QED) is 0.840. The van der Waals surface area contributed by atoms with Gasteiger partial charge in [0.1, 0.15) is 11.5 Å². The van der Waals surface area contributed by atoms with Crippen LogP contribution in [0.3, 0.4) is 0 Å². The van der Waals surface area contributed by atoms with E-state index in [0.717, 1.165) is 23.5 Å². The predicted molar refractivity (Wildman–Crippen MR) is 79.8 cm³/mol. The molecule has 0 aliphatic rings. The van der Waals surface area contributed by atoms with Crippen LogP contribution in [0.15, 0.2) is 34.7 Å². The Morgan fingerprint density at radius 1 is 1.11 bits per heavy atom. The lowest BCUT2D eigenvalue weighted by molar-refractivity contribution is 0.435. The number of halogens is 2. The zero-order valence-electron chi connectivity index (χ0n) is 11.0. The molecule has 0 spiro atoms. The van der Waals surface area contributed by atoms with Crippen LogP contribution in [0, 0.1) is 0 Å². The Labute approximate surface area is 123 Å². The molecule has 0 aliphatic heterocycles. The molecule has 0 amide bonds. The molecule has 0 radical (unpaired) electrons. The third kappa shape index (κ3) is 3.75. The molecular formula is C15H17Cl2NO. The maximum absolute atomic E-state index is 6.02. The van der Waals surface area contributed by atoms with Crippen molar-refractivity contribution in [3.8, 4) is 0 Å². The van der Waals surface area contributed by atoms with Crippen LogP contribution in [0.5, 0.6) is 0 Å². The minimum absolute atomic E-state index is 0.185. The molecule has 0 saturated carbocycles. The Balaban J connectivity index is 1.96. The second-order valence-electron chi connectivity index (χ2n) is 4.50. The summed E-state index contributed by atoms with van der Waals surface area (Å²) < 4.78 is 5.65. The maximum Gasteiger partial charge on any atom is 0.117 e. The topological polar surface area (TPSA) is 25.2 Å². The zero-order chi connectivity index (χ0) is 13.8. The van der Waals surface area contributed by atoms with Crippen molar-refractivity contribution < 1.29 is 4.42 Å². The largest absolute Gasteiger partial charge is 0.465 e. The molecule has 0 saturated heterocycles. The summed E-state index contributed by atoms with van der Waals surface area (Å²) in [6.45, 7) is 4.86. The number of hydrogen-bond donors (Lipinski definition) is 1. The van der Waals surface area contributed by atoms with Crippen LogP contribution in [0.1, 0.15) is 37.0 Å². The van der Waals surface area contributed by atoms with Gasteiger partial charge in [0.2, 0.25) is 0 Å². The Hall–Kier alpha value is -0.960. The van der Waals surface area contributed by atoms with E-state index in [-0.39, 0.29) is 6.04 Å². The second kappa shape index (κ2) is 6.47. The van der Waals surface area contributed by atoms with Crippen LogP contribution < -0.4 is 5.32 Å². The molecule has 2 aromatic rings. The van der Waals surface area contributed by atoms with Crippen molar-refractivity contribution in [2.45, 2.75) is 32.9 Å². The highest BCUT2D eigenvalue weighted by Gasteiger charge is 2.08. The Morgan fingerprint density at radius 2 is 1.84 bits per heavy atom. The van der Waals surface area contributed by atoms with Crippen LogP contribution in [0.4, 0.5) is 0 Å². The molecule has 19 heavy (non-hydrogen) atoms. The standard InChI is InChI=1S/C15H17Cl2NO/c1-3-12-5-6-13(19-12)9-18-10(2)11-4-7-14(16)15(17)8-11/h4-8,10,18H,3,9H2,1-2H3. The van der Waals surface area contributed by atoms with Gasteiger partial charge in [-0.2, -0.15) is 0 Å². The fraction of sp³-hybridized carbons (Fsp3) is 0.333. The van der Waals surface area contributed by atoms with Gasteiger partial charge in [0.25, 0.3) is 0 Å². The molecule has 4 heteroatoms. The van der Waals surface area contributed by atoms with E-state index in [4.69, 9.17) is 27.6 Å². The average Bonchev–Trinajstić information content (AvgIpc) is 2.87. The van der Waals surface area contributed by atoms with E-state index in [1.807, 2.05) is 30.3 Å². The third-order valence-corrected chi connectivity index (χ3v) is 3.83. The van der Waals surface area contributed by atoms with Gasteiger partial charge >= 0.3 is 0 Å². The summed E-state index contributed by atoms with van der Waals surface area (Å²) in [4.78, 5) is 0. The number of rotatable bonds is 5. The highest BCUT2D eigenvalue weighted by atomic mass is 35.5. The van der Waals surface area contributed by atoms with E-state index >= 15 is 0 Å². The van der Waals surface area contributed by atoms with Crippen molar-refractivity contribution in [3.63, 3.8) is 0 Å². The van der Waals surface area contributed by atoms with Crippen LogP contribution in [0.25, 0.3) is 0 Å². The molecule has 0 fully saturated rings. The van der Waals surface area contributed by atoms with Crippen LogP contribution >= 0.6 is 23.2 Å². The minimum atomic E-state index is 0.185. The number of aryl methyl sites for hydroxylation is 1. The Morgan fingerprint density at radius 3 is 2.47 bits per heavy atom. The first-order chi connectivity index (χ1) is 9.10. The van der Waals surface area contributed by atoms with Crippen molar-refractivity contribution in [2.24, 2.45) is 0 Å². The minimum Gasteiger partial charge on any atom is -0.465 e. The normalized spacial score (nSPS) is 12.6. The molecule has 1 atom stereocenters. The lowest BCUT2D eigenvalue weighted by Crippen LogP contribution is -2.17. The van der Waals surface area contributed by atoms with Crippen molar-refractivity contribution in [1.82, 2.24) is 5.32 Å². The van der Waals surface area contributed by atoms with E-state index in [9.17, 15) is 0 Å². The summed E-state index contributed by atoms with van der Waals surface area (Å²) in [6.07, 6.45) is 0.919. The lowest BCUT2D eigenvalue weighted by atomic mass is 10.1. The van der Waals surface area contributed by atoms with Crippen LogP contribution in [0.2, 0.25) is 10.0 Å². The lowest BCUT2D eigenvalue weighted by Gasteiger charge is -2.14. The summed E-state index contributed by atoms with van der Waals surface area (Å²) in [6, 6.07) is 9.89. The fourth-order valence-electron chi connectivity index (χ4n) is 1.86. The molecule has 1 unspecified atom stereocenters. The van der Waals surface area contributed by atoms with E-state index in [0.29, 0.717) is 16.6 Å². The van der Waals surface area contributed by atoms with E-state index in [2.05, 4.69) is 19.2 Å². The Bertz CT molecular complexity index is 551. The summed E-state index contributed by atoms with van der Waals surface area (Å²) in [7, 11) is 0. The third-order valence-electron chi connectivity index (χ3n) is 3.09. The van der Waals surface area contributed by atoms with Gasteiger partial charge in [0.15, 0.2) is 0 Å². The predicted octanol–water partition coefficient (Wildman–Crippen LogP) is 5.00. The molecule has 2 rings (SSSR count). The first-order valence-electron chi connectivity index (χ1n) is 6.36. The van der Waals surface area contributed by atoms with Gasteiger partial charge in [-0.1, -0.05) is 36.2 Å². The van der Waals surface area contributed by atoms with Crippen LogP contribution in [-0.2, 0) is 13.0 Å². The first-order valence-corrected chi connectivity index (χ1v) is 7.11. The summed E-state index contributed by atoms with van der Waals surface area (Å²) in [5, 5.41) is 4.57. The number of hydrogen-bond acceptors (Lipinski definition) is 2. The molecule has 1 aromatic heterocycles. The molecule has 0 bridgehead atoms. The smallest absolute Gasteiger partial charge is 0.117 e. The average molecular weight is 298 g/mol. The second-order valence-corrected chi connectivity index (χ2v) is 5.31. The van der Waals surface area contributed by atoms with Crippen molar-refractivity contribution in [2.75, 3.05) is 0 Å². The molecule has 0 aliphatic carbocycles. The maximum atomic E-state index is 6.02. The molecular weight excluding hydrogens is 281 g/mol. The van der Waals surface area contributed by atoms with E-state index in [1.54, 1.807) is 0 Å². The van der Waals surface area contributed by atoms with Gasteiger partial charge in [0.05, 0.1) is 16.6 Å². The van der Waals surface area contributed by atoms with Gasteiger partial charge in [-0.05, 0) is 36.8 Å². The van der Waals surface area contributed by atoms with Crippen LogP contribution in [-0.4, -0.2) is 0 Å². The Kier molecular flexibility index (Phi) is 4.92. The number of benzene rings is 1. The molecule has 1 N–H and O–H groups in total. The van der Waals surface area contributed by atoms with Crippen molar-refractivity contribution >= 4 is 23.2 Å². The molecule has 1 aromatic carbocycles. The SMILES string of the molecule is CCc1ccc(CNC(C)c2ccc(Cl)c(Cl)c2)o1. The monoisotopic (exact) mass is 297 g/mol. The van der Waals surface area contributed by atoms with Gasteiger partial charge < -0.3 is 9.73 Å². The van der Waals surface area contributed by atoms with Gasteiger partial charge in [-0.25, -0.2) is 0 Å². The van der Waals surface area contributed by atoms with Crippen molar-refractivity contribution in [3.05, 3.63) is 57.5 Å². The molecule has 1 heterocycles. The van der Waals surface area contributed by atoms with Gasteiger partial charge in [0, 0.05) is 12.5 Å². The summed E-state index contributed by atoms with van der Waals surface area (Å²) in [5.74, 6) is 1.96. The molecule has 102 valence electrons. The van der Waals surface area contributed by atoms with Gasteiger partial charge in [-0.15, -0.1) is 0 Å². The highest BCUT2D eigenvalue weighted by Crippen LogP contribution is 2.25. The summed E-state index contributed by atoms with van der Waals surface area (Å²) in [5.41, 5.74) is 1.11. The molecule has 2 nitrogen and oxygen atoms in total. The highest BCUT2D eigenvalue weighted by molar-refractivity contribution is 6.42. The number of furan rings is 1. The van der Waals surface area contributed by atoms with E-state index in [1.165, 1.54) is 0 Å². The van der Waals surface area contributed by atoms with E-state index < -0.39 is 0 Å². The summed E-state index contributed by atoms with van der Waals surface area (Å²) >= 11 is 11.9. The fourth-order valence-corrected chi connectivity index (χ4v) is 2.17. The zero-order valence-corrected chi connectivity index (χ0v) is 12.6.